The number of nitrogens with zero attached hydrogens (tertiary/aromatic N) is 1. The molecule has 3 nitrogen and oxygen atoms in total. The zero-order valence-electron chi connectivity index (χ0n) is 8.82. The molecule has 0 spiro atoms. The summed E-state index contributed by atoms with van der Waals surface area (Å²) in [6.45, 7) is 0.156. The minimum Gasteiger partial charge on any atom is -0.278 e. The molecule has 17 heavy (non-hydrogen) atoms. The number of carbonyl (C=O) groups is 2. The van der Waals surface area contributed by atoms with E-state index in [4.69, 9.17) is 0 Å². The Labute approximate surface area is 106 Å². The molecule has 2 fully saturated rings. The summed E-state index contributed by atoms with van der Waals surface area (Å²) in [6.07, 6.45) is 0.693. The molecule has 2 aliphatic rings. The second kappa shape index (κ2) is 3.63. The Kier molecular flexibility index (Phi) is 2.33. The summed E-state index contributed by atoms with van der Waals surface area (Å²) < 4.78 is 13.6. The van der Waals surface area contributed by atoms with Crippen LogP contribution in [0.15, 0.2) is 22.7 Å². The van der Waals surface area contributed by atoms with Gasteiger partial charge in [-0.3, -0.25) is 14.5 Å². The number of piperidine rings is 1. The van der Waals surface area contributed by atoms with E-state index in [1.165, 1.54) is 11.0 Å². The van der Waals surface area contributed by atoms with Crippen molar-refractivity contribution in [3.63, 3.8) is 0 Å². The number of hydrogen-bond donors (Lipinski definition) is 0. The first-order valence-corrected chi connectivity index (χ1v) is 6.17. The number of carbonyl (C=O) groups excluding carboxylic acids is 2. The molecule has 88 valence electrons. The van der Waals surface area contributed by atoms with Crippen LogP contribution in [0.3, 0.4) is 0 Å². The molecule has 1 aliphatic heterocycles. The number of fused-ring (bicyclic) bond motifs is 1. The highest BCUT2D eigenvalue weighted by atomic mass is 79.9. The summed E-state index contributed by atoms with van der Waals surface area (Å²) >= 11 is 3.13. The number of likely N-dealkylation sites (tertiary alicyclic amines) is 1. The molecular formula is C12H9BrFNO2. The molecule has 2 atom stereocenters. The summed E-state index contributed by atoms with van der Waals surface area (Å²) in [5.41, 5.74) is 0.619. The van der Waals surface area contributed by atoms with Crippen LogP contribution in [-0.2, 0) is 16.1 Å². The Morgan fingerprint density at radius 1 is 1.29 bits per heavy atom. The van der Waals surface area contributed by atoms with Gasteiger partial charge in [-0.05, 0) is 34.0 Å². The predicted octanol–water partition coefficient (Wildman–Crippen LogP) is 2.09. The lowest BCUT2D eigenvalue weighted by atomic mass is 10.2. The van der Waals surface area contributed by atoms with Crippen molar-refractivity contribution in [2.75, 3.05) is 0 Å². The van der Waals surface area contributed by atoms with Crippen LogP contribution in [0.25, 0.3) is 0 Å². The van der Waals surface area contributed by atoms with Gasteiger partial charge in [0.2, 0.25) is 11.8 Å². The molecule has 1 aromatic rings. The molecule has 1 aliphatic carbocycles. The molecular weight excluding hydrogens is 289 g/mol. The number of benzene rings is 1. The van der Waals surface area contributed by atoms with E-state index in [1.807, 2.05) is 0 Å². The third kappa shape index (κ3) is 1.60. The van der Waals surface area contributed by atoms with Gasteiger partial charge in [0.25, 0.3) is 0 Å². The lowest BCUT2D eigenvalue weighted by Gasteiger charge is -2.17. The van der Waals surface area contributed by atoms with Crippen LogP contribution >= 0.6 is 15.9 Å². The molecule has 1 aromatic carbocycles. The number of imide groups is 1. The van der Waals surface area contributed by atoms with E-state index in [9.17, 15) is 14.0 Å². The first-order chi connectivity index (χ1) is 8.09. The Morgan fingerprint density at radius 2 is 1.94 bits per heavy atom. The van der Waals surface area contributed by atoms with Crippen molar-refractivity contribution in [3.8, 4) is 0 Å². The fraction of sp³-hybridized carbons (Fsp3) is 0.333. The van der Waals surface area contributed by atoms with Gasteiger partial charge in [0.1, 0.15) is 5.82 Å². The van der Waals surface area contributed by atoms with Gasteiger partial charge in [0.15, 0.2) is 0 Å². The van der Waals surface area contributed by atoms with Gasteiger partial charge in [-0.25, -0.2) is 4.39 Å². The highest BCUT2D eigenvalue weighted by Crippen LogP contribution is 2.47. The van der Waals surface area contributed by atoms with Crippen molar-refractivity contribution >= 4 is 27.7 Å². The van der Waals surface area contributed by atoms with E-state index in [-0.39, 0.29) is 36.0 Å². The minimum atomic E-state index is -0.383. The van der Waals surface area contributed by atoms with Gasteiger partial charge in [0, 0.05) is 0 Å². The SMILES string of the molecule is O=C1C2CC2C(=O)N1Cc1cccc(F)c1Br. The number of amides is 2. The molecule has 1 heterocycles. The topological polar surface area (TPSA) is 37.4 Å². The van der Waals surface area contributed by atoms with Gasteiger partial charge >= 0.3 is 0 Å². The fourth-order valence-electron chi connectivity index (χ4n) is 2.25. The van der Waals surface area contributed by atoms with Crippen molar-refractivity contribution in [1.82, 2.24) is 4.90 Å². The quantitative estimate of drug-likeness (QED) is 0.784. The fourth-order valence-corrected chi connectivity index (χ4v) is 2.64. The van der Waals surface area contributed by atoms with E-state index in [0.29, 0.717) is 16.5 Å². The number of hydrogen-bond acceptors (Lipinski definition) is 2. The van der Waals surface area contributed by atoms with Crippen LogP contribution in [-0.4, -0.2) is 16.7 Å². The maximum absolute atomic E-state index is 13.3. The zero-order valence-corrected chi connectivity index (χ0v) is 10.4. The first-order valence-electron chi connectivity index (χ1n) is 5.37. The Hall–Kier alpha value is -1.23. The summed E-state index contributed by atoms with van der Waals surface area (Å²) in [5, 5.41) is 0. The van der Waals surface area contributed by atoms with Crippen LogP contribution in [0.1, 0.15) is 12.0 Å². The summed E-state index contributed by atoms with van der Waals surface area (Å²) in [6, 6.07) is 4.61. The highest BCUT2D eigenvalue weighted by molar-refractivity contribution is 9.10. The molecule has 0 radical (unpaired) electrons. The summed E-state index contributed by atoms with van der Waals surface area (Å²) in [7, 11) is 0. The molecule has 5 heteroatoms. The monoisotopic (exact) mass is 297 g/mol. The molecule has 1 saturated heterocycles. The van der Waals surface area contributed by atoms with E-state index in [0.717, 1.165) is 0 Å². The lowest BCUT2D eigenvalue weighted by molar-refractivity contribution is -0.142. The van der Waals surface area contributed by atoms with Crippen LogP contribution in [0, 0.1) is 17.7 Å². The molecule has 3 rings (SSSR count). The smallest absolute Gasteiger partial charge is 0.233 e. The largest absolute Gasteiger partial charge is 0.278 e. The zero-order chi connectivity index (χ0) is 12.2. The van der Waals surface area contributed by atoms with Crippen LogP contribution in [0.2, 0.25) is 0 Å². The Balaban J connectivity index is 1.86. The van der Waals surface area contributed by atoms with Gasteiger partial charge < -0.3 is 0 Å². The number of halogens is 2. The number of rotatable bonds is 2. The van der Waals surface area contributed by atoms with Gasteiger partial charge in [-0.2, -0.15) is 0 Å². The van der Waals surface area contributed by atoms with E-state index in [2.05, 4.69) is 15.9 Å². The lowest BCUT2D eigenvalue weighted by Crippen LogP contribution is -2.32. The molecule has 0 bridgehead atoms. The van der Waals surface area contributed by atoms with Gasteiger partial charge in [-0.1, -0.05) is 12.1 Å². The summed E-state index contributed by atoms with van der Waals surface area (Å²) in [5.74, 6) is -0.816. The Morgan fingerprint density at radius 3 is 2.59 bits per heavy atom. The van der Waals surface area contributed by atoms with Crippen molar-refractivity contribution in [1.29, 1.82) is 0 Å². The standard InChI is InChI=1S/C12H9BrFNO2/c13-10-6(2-1-3-9(10)14)5-15-11(16)7-4-8(7)12(15)17/h1-3,7-8H,4-5H2. The average Bonchev–Trinajstić information content (AvgIpc) is 3.05. The highest BCUT2D eigenvalue weighted by Gasteiger charge is 2.58. The van der Waals surface area contributed by atoms with Crippen molar-refractivity contribution in [2.24, 2.45) is 11.8 Å². The first kappa shape index (κ1) is 10.9. The van der Waals surface area contributed by atoms with E-state index in [1.54, 1.807) is 12.1 Å². The predicted molar refractivity (Wildman–Crippen MR) is 61.3 cm³/mol. The third-order valence-corrected chi connectivity index (χ3v) is 4.20. The maximum Gasteiger partial charge on any atom is 0.233 e. The molecule has 1 saturated carbocycles. The van der Waals surface area contributed by atoms with E-state index < -0.39 is 0 Å². The summed E-state index contributed by atoms with van der Waals surface area (Å²) in [4.78, 5) is 24.7. The minimum absolute atomic E-state index is 0.102. The Bertz CT molecular complexity index is 511. The van der Waals surface area contributed by atoms with E-state index >= 15 is 0 Å². The molecule has 0 aromatic heterocycles. The third-order valence-electron chi connectivity index (χ3n) is 3.32. The average molecular weight is 298 g/mol. The maximum atomic E-state index is 13.3. The van der Waals surface area contributed by atoms with Crippen molar-refractivity contribution < 1.29 is 14.0 Å². The molecule has 2 amide bonds. The van der Waals surface area contributed by atoms with Crippen molar-refractivity contribution in [2.45, 2.75) is 13.0 Å². The second-order valence-corrected chi connectivity index (χ2v) is 5.22. The van der Waals surface area contributed by atoms with Crippen molar-refractivity contribution in [3.05, 3.63) is 34.1 Å². The van der Waals surface area contributed by atoms with Gasteiger partial charge in [-0.15, -0.1) is 0 Å². The van der Waals surface area contributed by atoms with Crippen LogP contribution in [0.4, 0.5) is 4.39 Å². The molecule has 0 N–H and O–H groups in total. The molecule has 2 unspecified atom stereocenters. The second-order valence-electron chi connectivity index (χ2n) is 4.42. The van der Waals surface area contributed by atoms with Crippen LogP contribution < -0.4 is 0 Å². The van der Waals surface area contributed by atoms with Gasteiger partial charge in [0.05, 0.1) is 22.9 Å². The van der Waals surface area contributed by atoms with Crippen LogP contribution in [0.5, 0.6) is 0 Å². The normalized spacial score (nSPS) is 26.4.